The van der Waals surface area contributed by atoms with Crippen LogP contribution in [0.15, 0.2) is 42.7 Å². The molecule has 0 saturated heterocycles. The van der Waals surface area contributed by atoms with Crippen molar-refractivity contribution >= 4 is 22.6 Å². The van der Waals surface area contributed by atoms with E-state index in [1.165, 1.54) is 0 Å². The van der Waals surface area contributed by atoms with Crippen LogP contribution in [0.4, 0.5) is 0 Å². The molecule has 0 fully saturated rings. The van der Waals surface area contributed by atoms with Gasteiger partial charge in [-0.3, -0.25) is 0 Å². The molecule has 2 heterocycles. The van der Waals surface area contributed by atoms with Crippen LogP contribution in [-0.2, 0) is 7.05 Å². The first kappa shape index (κ1) is 12.1. The third kappa shape index (κ3) is 1.96. The van der Waals surface area contributed by atoms with Crippen molar-refractivity contribution in [1.29, 1.82) is 0 Å². The van der Waals surface area contributed by atoms with E-state index in [0.717, 1.165) is 27.9 Å². The summed E-state index contributed by atoms with van der Waals surface area (Å²) in [6.07, 6.45) is 3.80. The van der Waals surface area contributed by atoms with Gasteiger partial charge < -0.3 is 9.30 Å². The molecule has 3 nitrogen and oxygen atoms in total. The number of aryl methyl sites for hydroxylation is 1. The summed E-state index contributed by atoms with van der Waals surface area (Å²) < 4.78 is 7.42. The van der Waals surface area contributed by atoms with Crippen molar-refractivity contribution in [3.8, 4) is 16.9 Å². The van der Waals surface area contributed by atoms with Crippen LogP contribution in [0.3, 0.4) is 0 Å². The molecule has 0 amide bonds. The van der Waals surface area contributed by atoms with E-state index in [1.54, 1.807) is 13.3 Å². The minimum Gasteiger partial charge on any atom is -0.496 e. The SMILES string of the molecule is COc1ccc(Cl)cc1-c1ccnc2c1ccn2C. The van der Waals surface area contributed by atoms with Gasteiger partial charge in [0.2, 0.25) is 0 Å². The number of rotatable bonds is 2. The first-order chi connectivity index (χ1) is 9.20. The van der Waals surface area contributed by atoms with E-state index < -0.39 is 0 Å². The zero-order valence-corrected chi connectivity index (χ0v) is 11.5. The summed E-state index contributed by atoms with van der Waals surface area (Å²) in [6, 6.07) is 9.66. The zero-order valence-electron chi connectivity index (χ0n) is 10.7. The summed E-state index contributed by atoms with van der Waals surface area (Å²) in [6.45, 7) is 0. The van der Waals surface area contributed by atoms with Gasteiger partial charge in [-0.2, -0.15) is 0 Å². The van der Waals surface area contributed by atoms with Crippen LogP contribution in [0.5, 0.6) is 5.75 Å². The molecule has 0 unspecified atom stereocenters. The second-order valence-electron chi connectivity index (χ2n) is 4.37. The van der Waals surface area contributed by atoms with Gasteiger partial charge in [0.05, 0.1) is 7.11 Å². The Morgan fingerprint density at radius 1 is 1.16 bits per heavy atom. The second kappa shape index (κ2) is 4.59. The Kier molecular flexibility index (Phi) is 2.91. The molecule has 3 rings (SSSR count). The van der Waals surface area contributed by atoms with E-state index in [-0.39, 0.29) is 0 Å². The molecule has 0 aliphatic heterocycles. The third-order valence-electron chi connectivity index (χ3n) is 3.22. The van der Waals surface area contributed by atoms with Crippen LogP contribution >= 0.6 is 11.6 Å². The predicted octanol–water partition coefficient (Wildman–Crippen LogP) is 3.90. The Balaban J connectivity index is 2.33. The lowest BCUT2D eigenvalue weighted by Crippen LogP contribution is -1.91. The molecule has 0 radical (unpaired) electrons. The van der Waals surface area contributed by atoms with Gasteiger partial charge in [-0.15, -0.1) is 0 Å². The quantitative estimate of drug-likeness (QED) is 0.707. The molecular formula is C15H13ClN2O. The Hall–Kier alpha value is -2.00. The number of aromatic nitrogens is 2. The molecule has 0 bridgehead atoms. The summed E-state index contributed by atoms with van der Waals surface area (Å²) in [5, 5.41) is 1.78. The molecule has 0 saturated carbocycles. The number of hydrogen-bond acceptors (Lipinski definition) is 2. The Bertz CT molecular complexity index is 749. The normalized spacial score (nSPS) is 10.9. The topological polar surface area (TPSA) is 27.1 Å². The van der Waals surface area contributed by atoms with Crippen molar-refractivity contribution in [2.45, 2.75) is 0 Å². The van der Waals surface area contributed by atoms with Gasteiger partial charge in [0, 0.05) is 35.4 Å². The first-order valence-electron chi connectivity index (χ1n) is 5.94. The molecule has 0 N–H and O–H groups in total. The van der Waals surface area contributed by atoms with Gasteiger partial charge in [0.1, 0.15) is 11.4 Å². The van der Waals surface area contributed by atoms with Gasteiger partial charge in [-0.1, -0.05) is 11.6 Å². The van der Waals surface area contributed by atoms with Crippen molar-refractivity contribution in [2.75, 3.05) is 7.11 Å². The highest BCUT2D eigenvalue weighted by Gasteiger charge is 2.11. The number of ether oxygens (including phenoxy) is 1. The third-order valence-corrected chi connectivity index (χ3v) is 3.45. The molecule has 19 heavy (non-hydrogen) atoms. The van der Waals surface area contributed by atoms with Crippen LogP contribution in [-0.4, -0.2) is 16.7 Å². The van der Waals surface area contributed by atoms with Gasteiger partial charge in [-0.25, -0.2) is 4.98 Å². The van der Waals surface area contributed by atoms with Crippen molar-refractivity contribution in [3.63, 3.8) is 0 Å². The van der Waals surface area contributed by atoms with Crippen molar-refractivity contribution in [2.24, 2.45) is 7.05 Å². The van der Waals surface area contributed by atoms with Crippen molar-refractivity contribution < 1.29 is 4.74 Å². The van der Waals surface area contributed by atoms with E-state index in [9.17, 15) is 0 Å². The molecule has 4 heteroatoms. The maximum absolute atomic E-state index is 6.10. The van der Waals surface area contributed by atoms with E-state index in [2.05, 4.69) is 11.1 Å². The van der Waals surface area contributed by atoms with Crippen LogP contribution in [0.1, 0.15) is 0 Å². The first-order valence-corrected chi connectivity index (χ1v) is 6.32. The average Bonchev–Trinajstić information content (AvgIpc) is 2.81. The lowest BCUT2D eigenvalue weighted by atomic mass is 10.0. The van der Waals surface area contributed by atoms with Gasteiger partial charge >= 0.3 is 0 Å². The molecule has 1 aromatic carbocycles. The average molecular weight is 273 g/mol. The molecule has 0 atom stereocenters. The fourth-order valence-electron chi connectivity index (χ4n) is 2.29. The lowest BCUT2D eigenvalue weighted by Gasteiger charge is -2.10. The minimum atomic E-state index is 0.691. The second-order valence-corrected chi connectivity index (χ2v) is 4.80. The largest absolute Gasteiger partial charge is 0.496 e. The molecule has 2 aromatic heterocycles. The number of halogens is 1. The maximum Gasteiger partial charge on any atom is 0.140 e. The van der Waals surface area contributed by atoms with Gasteiger partial charge in [0.25, 0.3) is 0 Å². The maximum atomic E-state index is 6.10. The molecule has 0 aliphatic carbocycles. The number of nitrogens with zero attached hydrogens (tertiary/aromatic N) is 2. The fourth-order valence-corrected chi connectivity index (χ4v) is 2.46. The monoisotopic (exact) mass is 272 g/mol. The number of pyridine rings is 1. The number of benzene rings is 1. The van der Waals surface area contributed by atoms with Gasteiger partial charge in [-0.05, 0) is 35.9 Å². The summed E-state index contributed by atoms with van der Waals surface area (Å²) in [5.41, 5.74) is 3.00. The Morgan fingerprint density at radius 2 is 2.00 bits per heavy atom. The summed E-state index contributed by atoms with van der Waals surface area (Å²) in [5.74, 6) is 0.806. The summed E-state index contributed by atoms with van der Waals surface area (Å²) in [7, 11) is 3.64. The minimum absolute atomic E-state index is 0.691. The Labute approximate surface area is 116 Å². The summed E-state index contributed by atoms with van der Waals surface area (Å²) in [4.78, 5) is 4.39. The highest BCUT2D eigenvalue weighted by molar-refractivity contribution is 6.31. The molecule has 0 aliphatic rings. The van der Waals surface area contributed by atoms with Crippen LogP contribution in [0.2, 0.25) is 5.02 Å². The van der Waals surface area contributed by atoms with Gasteiger partial charge in [0.15, 0.2) is 0 Å². The van der Waals surface area contributed by atoms with Crippen molar-refractivity contribution in [3.05, 3.63) is 47.7 Å². The van der Waals surface area contributed by atoms with E-state index in [0.29, 0.717) is 5.02 Å². The number of fused-ring (bicyclic) bond motifs is 1. The van der Waals surface area contributed by atoms with Crippen LogP contribution in [0.25, 0.3) is 22.2 Å². The molecule has 3 aromatic rings. The van der Waals surface area contributed by atoms with Crippen LogP contribution in [0, 0.1) is 0 Å². The Morgan fingerprint density at radius 3 is 2.79 bits per heavy atom. The number of hydrogen-bond donors (Lipinski definition) is 0. The standard InChI is InChI=1S/C15H13ClN2O/c1-18-8-6-12-11(5-7-17-15(12)18)13-9-10(16)3-4-14(13)19-2/h3-9H,1-2H3. The van der Waals surface area contributed by atoms with E-state index in [4.69, 9.17) is 16.3 Å². The van der Waals surface area contributed by atoms with E-state index >= 15 is 0 Å². The molecule has 0 spiro atoms. The summed E-state index contributed by atoms with van der Waals surface area (Å²) >= 11 is 6.10. The number of methoxy groups -OCH3 is 1. The van der Waals surface area contributed by atoms with E-state index in [1.807, 2.05) is 42.1 Å². The highest BCUT2D eigenvalue weighted by atomic mass is 35.5. The highest BCUT2D eigenvalue weighted by Crippen LogP contribution is 2.36. The zero-order chi connectivity index (χ0) is 13.4. The predicted molar refractivity (Wildman–Crippen MR) is 77.7 cm³/mol. The van der Waals surface area contributed by atoms with Crippen LogP contribution < -0.4 is 4.74 Å². The lowest BCUT2D eigenvalue weighted by molar-refractivity contribution is 0.416. The smallest absolute Gasteiger partial charge is 0.140 e. The van der Waals surface area contributed by atoms with Crippen molar-refractivity contribution in [1.82, 2.24) is 9.55 Å². The fraction of sp³-hybridized carbons (Fsp3) is 0.133. The molecule has 96 valence electrons. The molecular weight excluding hydrogens is 260 g/mol.